The predicted octanol–water partition coefficient (Wildman–Crippen LogP) is 3.28. The number of hydrogen-bond donors (Lipinski definition) is 1. The summed E-state index contributed by atoms with van der Waals surface area (Å²) in [5.41, 5.74) is 7.84. The first-order valence-corrected chi connectivity index (χ1v) is 8.62. The van der Waals surface area contributed by atoms with E-state index in [0.717, 1.165) is 17.7 Å². The smallest absolute Gasteiger partial charge is 0.253 e. The van der Waals surface area contributed by atoms with Gasteiger partial charge in [0, 0.05) is 37.1 Å². The molecular weight excluding hydrogens is 350 g/mol. The molecule has 2 N–H and O–H groups in total. The van der Waals surface area contributed by atoms with Gasteiger partial charge in [0.25, 0.3) is 5.91 Å². The maximum Gasteiger partial charge on any atom is 0.253 e. The quantitative estimate of drug-likeness (QED) is 0.890. The summed E-state index contributed by atoms with van der Waals surface area (Å²) in [4.78, 5) is 18.6. The molecule has 0 aliphatic carbocycles. The van der Waals surface area contributed by atoms with Gasteiger partial charge in [-0.25, -0.2) is 0 Å². The van der Waals surface area contributed by atoms with E-state index in [1.54, 1.807) is 12.4 Å². The number of hydrogen-bond acceptors (Lipinski definition) is 4. The second kappa shape index (κ2) is 8.52. The minimum Gasteiger partial charge on any atom is -0.489 e. The van der Waals surface area contributed by atoms with Crippen LogP contribution in [0.1, 0.15) is 36.2 Å². The standard InChI is InChI=1S/C20H25N3O2.ClH/c1-20(2)14-23(12-9-18(20)21)19(24)16-3-5-17(6-4-16)25-13-15-7-10-22-11-8-15;/h3-8,10-11,18H,9,12-14,21H2,1-2H3;1H. The minimum absolute atomic E-state index is 0. The van der Waals surface area contributed by atoms with Crippen LogP contribution in [0.5, 0.6) is 5.75 Å². The highest BCUT2D eigenvalue weighted by Gasteiger charge is 2.35. The largest absolute Gasteiger partial charge is 0.489 e. The van der Waals surface area contributed by atoms with Gasteiger partial charge < -0.3 is 15.4 Å². The number of ether oxygens (including phenoxy) is 1. The van der Waals surface area contributed by atoms with E-state index in [4.69, 9.17) is 10.5 Å². The molecule has 1 unspecified atom stereocenters. The van der Waals surface area contributed by atoms with Gasteiger partial charge in [-0.3, -0.25) is 9.78 Å². The molecular formula is C20H26ClN3O2. The van der Waals surface area contributed by atoms with Crippen molar-refractivity contribution < 1.29 is 9.53 Å². The molecule has 3 rings (SSSR count). The van der Waals surface area contributed by atoms with Crippen molar-refractivity contribution >= 4 is 18.3 Å². The van der Waals surface area contributed by atoms with Crippen LogP contribution >= 0.6 is 12.4 Å². The predicted molar refractivity (Wildman–Crippen MR) is 105 cm³/mol. The molecule has 2 heterocycles. The number of amides is 1. The average molecular weight is 376 g/mol. The number of carbonyl (C=O) groups is 1. The van der Waals surface area contributed by atoms with Gasteiger partial charge in [0.15, 0.2) is 0 Å². The second-order valence-corrected chi connectivity index (χ2v) is 7.28. The first-order chi connectivity index (χ1) is 12.0. The van der Waals surface area contributed by atoms with Crippen molar-refractivity contribution in [1.29, 1.82) is 0 Å². The van der Waals surface area contributed by atoms with Gasteiger partial charge in [-0.05, 0) is 53.8 Å². The molecule has 6 heteroatoms. The Morgan fingerprint density at radius 1 is 1.23 bits per heavy atom. The summed E-state index contributed by atoms with van der Waals surface area (Å²) in [5.74, 6) is 0.801. The molecule has 140 valence electrons. The van der Waals surface area contributed by atoms with E-state index >= 15 is 0 Å². The lowest BCUT2D eigenvalue weighted by molar-refractivity contribution is 0.0533. The molecule has 1 saturated heterocycles. The van der Waals surface area contributed by atoms with Crippen molar-refractivity contribution in [3.63, 3.8) is 0 Å². The first kappa shape index (κ1) is 20.2. The molecule has 1 amide bonds. The van der Waals surface area contributed by atoms with Crippen LogP contribution in [0.15, 0.2) is 48.8 Å². The molecule has 1 atom stereocenters. The monoisotopic (exact) mass is 375 g/mol. The van der Waals surface area contributed by atoms with Gasteiger partial charge in [0.1, 0.15) is 12.4 Å². The molecule has 1 aromatic carbocycles. The molecule has 0 radical (unpaired) electrons. The van der Waals surface area contributed by atoms with Gasteiger partial charge in [-0.2, -0.15) is 0 Å². The van der Waals surface area contributed by atoms with Crippen molar-refractivity contribution in [1.82, 2.24) is 9.88 Å². The summed E-state index contributed by atoms with van der Waals surface area (Å²) < 4.78 is 5.75. The molecule has 0 spiro atoms. The highest BCUT2D eigenvalue weighted by Crippen LogP contribution is 2.28. The Labute approximate surface area is 161 Å². The molecule has 0 bridgehead atoms. The first-order valence-electron chi connectivity index (χ1n) is 8.62. The maximum absolute atomic E-state index is 12.7. The molecule has 1 aromatic heterocycles. The van der Waals surface area contributed by atoms with E-state index in [-0.39, 0.29) is 29.8 Å². The zero-order valence-corrected chi connectivity index (χ0v) is 16.0. The van der Waals surface area contributed by atoms with Crippen LogP contribution in [0.2, 0.25) is 0 Å². The number of likely N-dealkylation sites (tertiary alicyclic amines) is 1. The van der Waals surface area contributed by atoms with Gasteiger partial charge >= 0.3 is 0 Å². The van der Waals surface area contributed by atoms with Crippen molar-refractivity contribution in [3.8, 4) is 5.75 Å². The average Bonchev–Trinajstić information content (AvgIpc) is 2.63. The second-order valence-electron chi connectivity index (χ2n) is 7.28. The zero-order valence-electron chi connectivity index (χ0n) is 15.2. The Morgan fingerprint density at radius 2 is 1.88 bits per heavy atom. The lowest BCUT2D eigenvalue weighted by Gasteiger charge is -2.42. The van der Waals surface area contributed by atoms with Crippen LogP contribution in [-0.4, -0.2) is 34.9 Å². The summed E-state index contributed by atoms with van der Waals surface area (Å²) in [7, 11) is 0. The summed E-state index contributed by atoms with van der Waals surface area (Å²) in [6.45, 7) is 6.12. The Kier molecular flexibility index (Phi) is 6.62. The third kappa shape index (κ3) is 4.74. The highest BCUT2D eigenvalue weighted by molar-refractivity contribution is 5.94. The Balaban J connectivity index is 0.00000243. The number of benzene rings is 1. The fourth-order valence-electron chi connectivity index (χ4n) is 3.07. The number of nitrogens with two attached hydrogens (primary N) is 1. The lowest BCUT2D eigenvalue weighted by atomic mass is 9.79. The third-order valence-corrected chi connectivity index (χ3v) is 4.86. The number of nitrogens with zero attached hydrogens (tertiary/aromatic N) is 2. The van der Waals surface area contributed by atoms with Crippen LogP contribution < -0.4 is 10.5 Å². The number of piperidine rings is 1. The van der Waals surface area contributed by atoms with E-state index < -0.39 is 0 Å². The SMILES string of the molecule is CC1(C)CN(C(=O)c2ccc(OCc3ccncc3)cc2)CCC1N.Cl. The lowest BCUT2D eigenvalue weighted by Crippen LogP contribution is -2.53. The normalized spacial score (nSPS) is 18.7. The Bertz CT molecular complexity index is 720. The fourth-order valence-corrected chi connectivity index (χ4v) is 3.07. The third-order valence-electron chi connectivity index (χ3n) is 4.86. The van der Waals surface area contributed by atoms with E-state index in [9.17, 15) is 4.79 Å². The van der Waals surface area contributed by atoms with E-state index in [2.05, 4.69) is 18.8 Å². The van der Waals surface area contributed by atoms with Crippen molar-refractivity contribution in [2.24, 2.45) is 11.1 Å². The topological polar surface area (TPSA) is 68.5 Å². The highest BCUT2D eigenvalue weighted by atomic mass is 35.5. The van der Waals surface area contributed by atoms with Crippen molar-refractivity contribution in [2.75, 3.05) is 13.1 Å². The number of rotatable bonds is 4. The van der Waals surface area contributed by atoms with Gasteiger partial charge in [-0.15, -0.1) is 12.4 Å². The van der Waals surface area contributed by atoms with Crippen LogP contribution in [0.25, 0.3) is 0 Å². The van der Waals surface area contributed by atoms with Gasteiger partial charge in [0.2, 0.25) is 0 Å². The van der Waals surface area contributed by atoms with Crippen LogP contribution in [-0.2, 0) is 6.61 Å². The number of pyridine rings is 1. The van der Waals surface area contributed by atoms with E-state index in [1.807, 2.05) is 41.3 Å². The van der Waals surface area contributed by atoms with Crippen LogP contribution in [0.3, 0.4) is 0 Å². The fraction of sp³-hybridized carbons (Fsp3) is 0.400. The molecule has 1 aliphatic rings. The van der Waals surface area contributed by atoms with Crippen molar-refractivity contribution in [3.05, 3.63) is 59.9 Å². The van der Waals surface area contributed by atoms with Crippen LogP contribution in [0.4, 0.5) is 0 Å². The minimum atomic E-state index is -0.0541. The summed E-state index contributed by atoms with van der Waals surface area (Å²) in [6.07, 6.45) is 4.32. The summed E-state index contributed by atoms with van der Waals surface area (Å²) >= 11 is 0. The molecule has 5 nitrogen and oxygen atoms in total. The van der Waals surface area contributed by atoms with Gasteiger partial charge in [0.05, 0.1) is 0 Å². The Morgan fingerprint density at radius 3 is 2.50 bits per heavy atom. The number of carbonyl (C=O) groups excluding carboxylic acids is 1. The van der Waals surface area contributed by atoms with Crippen LogP contribution in [0, 0.1) is 5.41 Å². The van der Waals surface area contributed by atoms with E-state index in [1.165, 1.54) is 0 Å². The summed E-state index contributed by atoms with van der Waals surface area (Å²) in [5, 5.41) is 0. The van der Waals surface area contributed by atoms with Crippen molar-refractivity contribution in [2.45, 2.75) is 32.9 Å². The summed E-state index contributed by atoms with van der Waals surface area (Å²) in [6, 6.07) is 11.3. The Hall–Kier alpha value is -2.11. The molecule has 0 saturated carbocycles. The molecule has 2 aromatic rings. The van der Waals surface area contributed by atoms with E-state index in [0.29, 0.717) is 25.3 Å². The molecule has 1 fully saturated rings. The van der Waals surface area contributed by atoms with Gasteiger partial charge in [-0.1, -0.05) is 13.8 Å². The zero-order chi connectivity index (χ0) is 17.9. The molecule has 1 aliphatic heterocycles. The number of halogens is 1. The molecule has 26 heavy (non-hydrogen) atoms. The maximum atomic E-state index is 12.7. The number of aromatic nitrogens is 1.